The van der Waals surface area contributed by atoms with Crippen LogP contribution >= 0.6 is 22.9 Å². The number of halogens is 1. The summed E-state index contributed by atoms with van der Waals surface area (Å²) < 4.78 is 38.3. The molecule has 1 aliphatic heterocycles. The zero-order valence-electron chi connectivity index (χ0n) is 17.8. The van der Waals surface area contributed by atoms with Crippen LogP contribution in [0.25, 0.3) is 0 Å². The lowest BCUT2D eigenvalue weighted by Gasteiger charge is -2.33. The van der Waals surface area contributed by atoms with Gasteiger partial charge in [-0.1, -0.05) is 18.5 Å². The molecule has 2 aromatic rings. The minimum atomic E-state index is -3.53. The van der Waals surface area contributed by atoms with Crippen LogP contribution in [0.2, 0.25) is 4.34 Å². The van der Waals surface area contributed by atoms with Gasteiger partial charge in [-0.2, -0.15) is 4.31 Å². The van der Waals surface area contributed by atoms with Crippen molar-refractivity contribution in [1.29, 1.82) is 0 Å². The van der Waals surface area contributed by atoms with Gasteiger partial charge in [0.05, 0.1) is 18.6 Å². The molecule has 1 fully saturated rings. The Morgan fingerprint density at radius 1 is 1.23 bits per heavy atom. The number of nitrogens with one attached hydrogen (secondary N) is 1. The number of benzene rings is 1. The summed E-state index contributed by atoms with van der Waals surface area (Å²) in [6.45, 7) is 3.04. The number of rotatable bonds is 8. The molecular weight excluding hydrogens is 460 g/mol. The highest BCUT2D eigenvalue weighted by molar-refractivity contribution is 7.91. The smallest absolute Gasteiger partial charge is 0.252 e. The Bertz CT molecular complexity index is 1020. The maximum Gasteiger partial charge on any atom is 0.252 e. The quantitative estimate of drug-likeness (QED) is 0.614. The number of carbonyl (C=O) groups excluding carboxylic acids is 1. The molecule has 31 heavy (non-hydrogen) atoms. The van der Waals surface area contributed by atoms with Gasteiger partial charge in [-0.15, -0.1) is 11.3 Å². The van der Waals surface area contributed by atoms with Crippen molar-refractivity contribution in [3.05, 3.63) is 40.2 Å². The summed E-state index contributed by atoms with van der Waals surface area (Å²) in [4.78, 5) is 12.7. The zero-order chi connectivity index (χ0) is 22.6. The Morgan fingerprint density at radius 3 is 2.52 bits per heavy atom. The van der Waals surface area contributed by atoms with Gasteiger partial charge in [0.15, 0.2) is 0 Å². The molecule has 10 heteroatoms. The second-order valence-electron chi connectivity index (χ2n) is 7.48. The lowest BCUT2D eigenvalue weighted by Crippen LogP contribution is -2.42. The summed E-state index contributed by atoms with van der Waals surface area (Å²) in [6, 6.07) is 8.60. The van der Waals surface area contributed by atoms with Gasteiger partial charge in [0.1, 0.15) is 15.7 Å². The standard InChI is InChI=1S/C21H27ClN2O5S2/c1-14(21(25)23-13-16-4-5-17(28-2)12-18(16)29-3)15-8-10-24(11-9-15)31(26,27)20-7-6-19(22)30-20/h4-7,12,14-15H,8-11,13H2,1-3H3,(H,23,25)/t14-/m0/s1. The van der Waals surface area contributed by atoms with E-state index in [0.29, 0.717) is 48.3 Å². The van der Waals surface area contributed by atoms with Crippen molar-refractivity contribution in [2.45, 2.75) is 30.5 Å². The van der Waals surface area contributed by atoms with Gasteiger partial charge >= 0.3 is 0 Å². The third kappa shape index (κ3) is 5.52. The van der Waals surface area contributed by atoms with Gasteiger partial charge in [0, 0.05) is 37.2 Å². The van der Waals surface area contributed by atoms with E-state index in [4.69, 9.17) is 21.1 Å². The summed E-state index contributed by atoms with van der Waals surface area (Å²) in [6.07, 6.45) is 1.28. The Morgan fingerprint density at radius 2 is 1.94 bits per heavy atom. The topological polar surface area (TPSA) is 84.9 Å². The molecule has 0 aliphatic carbocycles. The molecule has 1 N–H and O–H groups in total. The van der Waals surface area contributed by atoms with Crippen LogP contribution in [0.1, 0.15) is 25.3 Å². The van der Waals surface area contributed by atoms with Crippen molar-refractivity contribution in [2.24, 2.45) is 11.8 Å². The first kappa shape index (κ1) is 23.8. The minimum absolute atomic E-state index is 0.0517. The number of carbonyl (C=O) groups is 1. The van der Waals surface area contributed by atoms with E-state index in [1.165, 1.54) is 10.4 Å². The molecule has 1 atom stereocenters. The number of hydrogen-bond donors (Lipinski definition) is 1. The highest BCUT2D eigenvalue weighted by atomic mass is 35.5. The Balaban J connectivity index is 1.54. The Labute approximate surface area is 192 Å². The summed E-state index contributed by atoms with van der Waals surface area (Å²) >= 11 is 6.95. The predicted octanol–water partition coefficient (Wildman–Crippen LogP) is 3.77. The van der Waals surface area contributed by atoms with Crippen LogP contribution in [-0.4, -0.2) is 45.9 Å². The van der Waals surface area contributed by atoms with Crippen molar-refractivity contribution in [1.82, 2.24) is 9.62 Å². The van der Waals surface area contributed by atoms with Crippen LogP contribution in [0.3, 0.4) is 0 Å². The number of methoxy groups -OCH3 is 2. The van der Waals surface area contributed by atoms with Crippen molar-refractivity contribution in [3.8, 4) is 11.5 Å². The molecule has 0 spiro atoms. The largest absolute Gasteiger partial charge is 0.497 e. The average molecular weight is 487 g/mol. The average Bonchev–Trinajstić information content (AvgIpc) is 3.24. The lowest BCUT2D eigenvalue weighted by atomic mass is 9.85. The maximum atomic E-state index is 12.8. The number of sulfonamides is 1. The first-order valence-electron chi connectivity index (χ1n) is 10.0. The fraction of sp³-hybridized carbons (Fsp3) is 0.476. The van der Waals surface area contributed by atoms with Crippen molar-refractivity contribution in [3.63, 3.8) is 0 Å². The predicted molar refractivity (Wildman–Crippen MR) is 121 cm³/mol. The summed E-state index contributed by atoms with van der Waals surface area (Å²) in [5.41, 5.74) is 0.861. The fourth-order valence-corrected chi connectivity index (χ4v) is 6.84. The molecule has 3 rings (SSSR count). The Hall–Kier alpha value is -1.81. The highest BCUT2D eigenvalue weighted by Crippen LogP contribution is 2.32. The number of piperidine rings is 1. The SMILES string of the molecule is COc1ccc(CNC(=O)[C@@H](C)C2CCN(S(=O)(=O)c3ccc(Cl)s3)CC2)c(OC)c1. The van der Waals surface area contributed by atoms with E-state index in [-0.39, 0.29) is 22.0 Å². The first-order valence-corrected chi connectivity index (χ1v) is 12.6. The zero-order valence-corrected chi connectivity index (χ0v) is 20.1. The van der Waals surface area contributed by atoms with Gasteiger partial charge in [0.25, 0.3) is 10.0 Å². The van der Waals surface area contributed by atoms with Crippen LogP contribution in [0.5, 0.6) is 11.5 Å². The molecule has 0 radical (unpaired) electrons. The van der Waals surface area contributed by atoms with Crippen molar-refractivity contribution in [2.75, 3.05) is 27.3 Å². The summed E-state index contributed by atoms with van der Waals surface area (Å²) in [5, 5.41) is 2.97. The molecule has 7 nitrogen and oxygen atoms in total. The normalized spacial score (nSPS) is 16.6. The molecule has 1 saturated heterocycles. The molecule has 2 heterocycles. The van der Waals surface area contributed by atoms with Crippen molar-refractivity contribution >= 4 is 38.9 Å². The molecule has 0 saturated carbocycles. The van der Waals surface area contributed by atoms with E-state index in [1.54, 1.807) is 26.4 Å². The number of thiophene rings is 1. The minimum Gasteiger partial charge on any atom is -0.497 e. The van der Waals surface area contributed by atoms with E-state index in [0.717, 1.165) is 16.9 Å². The van der Waals surface area contributed by atoms with Gasteiger partial charge in [-0.25, -0.2) is 8.42 Å². The fourth-order valence-electron chi connectivity index (χ4n) is 3.74. The van der Waals surface area contributed by atoms with Crippen LogP contribution < -0.4 is 14.8 Å². The van der Waals surface area contributed by atoms with Gasteiger partial charge in [-0.05, 0) is 43.0 Å². The number of hydrogen-bond acceptors (Lipinski definition) is 6. The molecule has 0 unspecified atom stereocenters. The summed E-state index contributed by atoms with van der Waals surface area (Å²) in [5.74, 6) is 1.19. The number of amides is 1. The van der Waals surface area contributed by atoms with E-state index in [9.17, 15) is 13.2 Å². The number of nitrogens with zero attached hydrogens (tertiary/aromatic N) is 1. The van der Waals surface area contributed by atoms with Crippen LogP contribution in [-0.2, 0) is 21.4 Å². The van der Waals surface area contributed by atoms with E-state index >= 15 is 0 Å². The molecule has 170 valence electrons. The van der Waals surface area contributed by atoms with Crippen molar-refractivity contribution < 1.29 is 22.7 Å². The van der Waals surface area contributed by atoms with Crippen LogP contribution in [0.15, 0.2) is 34.5 Å². The lowest BCUT2D eigenvalue weighted by molar-refractivity contribution is -0.126. The molecule has 1 aliphatic rings. The van der Waals surface area contributed by atoms with Crippen LogP contribution in [0.4, 0.5) is 0 Å². The molecule has 1 aromatic heterocycles. The summed E-state index contributed by atoms with van der Waals surface area (Å²) in [7, 11) is -0.362. The van der Waals surface area contributed by atoms with E-state index < -0.39 is 10.0 Å². The van der Waals surface area contributed by atoms with Crippen LogP contribution in [0, 0.1) is 11.8 Å². The third-order valence-electron chi connectivity index (χ3n) is 5.71. The first-order chi connectivity index (χ1) is 14.8. The highest BCUT2D eigenvalue weighted by Gasteiger charge is 2.34. The molecule has 1 amide bonds. The van der Waals surface area contributed by atoms with Gasteiger partial charge < -0.3 is 14.8 Å². The van der Waals surface area contributed by atoms with E-state index in [2.05, 4.69) is 5.32 Å². The number of ether oxygens (including phenoxy) is 2. The van der Waals surface area contributed by atoms with Gasteiger partial charge in [-0.3, -0.25) is 4.79 Å². The molecule has 1 aromatic carbocycles. The third-order valence-corrected chi connectivity index (χ3v) is 9.31. The Kier molecular flexibility index (Phi) is 7.85. The second kappa shape index (κ2) is 10.2. The molecule has 0 bridgehead atoms. The van der Waals surface area contributed by atoms with E-state index in [1.807, 2.05) is 19.1 Å². The maximum absolute atomic E-state index is 12.8. The molecular formula is C21H27ClN2O5S2. The second-order valence-corrected chi connectivity index (χ2v) is 11.4. The monoisotopic (exact) mass is 486 g/mol. The van der Waals surface area contributed by atoms with Gasteiger partial charge in [0.2, 0.25) is 5.91 Å².